The summed E-state index contributed by atoms with van der Waals surface area (Å²) in [5.74, 6) is 0.652. The van der Waals surface area contributed by atoms with Crippen molar-refractivity contribution < 1.29 is 0 Å². The van der Waals surface area contributed by atoms with E-state index in [9.17, 15) is 0 Å². The van der Waals surface area contributed by atoms with Crippen molar-refractivity contribution in [3.63, 3.8) is 0 Å². The zero-order chi connectivity index (χ0) is 14.8. The molecule has 2 heteroatoms. The molecule has 20 heavy (non-hydrogen) atoms. The second-order valence-corrected chi connectivity index (χ2v) is 5.56. The van der Waals surface area contributed by atoms with Gasteiger partial charge >= 0.3 is 0 Å². The van der Waals surface area contributed by atoms with Gasteiger partial charge in [-0.3, -0.25) is 0 Å². The van der Waals surface area contributed by atoms with Crippen molar-refractivity contribution in [1.82, 2.24) is 9.80 Å². The Bertz CT molecular complexity index is 333. The van der Waals surface area contributed by atoms with E-state index in [1.54, 1.807) is 0 Å². The van der Waals surface area contributed by atoms with E-state index in [4.69, 9.17) is 0 Å². The summed E-state index contributed by atoms with van der Waals surface area (Å²) in [6, 6.07) is 10.9. The number of nitrogens with zero attached hydrogens (tertiary/aromatic N) is 2. The van der Waals surface area contributed by atoms with Gasteiger partial charge in [0.05, 0.1) is 0 Å². The lowest BCUT2D eigenvalue weighted by Gasteiger charge is -2.26. The van der Waals surface area contributed by atoms with Gasteiger partial charge in [0, 0.05) is 13.1 Å². The van der Waals surface area contributed by atoms with Gasteiger partial charge in [-0.1, -0.05) is 58.0 Å². The Morgan fingerprint density at radius 2 is 1.35 bits per heavy atom. The lowest BCUT2D eigenvalue weighted by molar-refractivity contribution is 0.216. The van der Waals surface area contributed by atoms with E-state index in [1.807, 2.05) is 0 Å². The van der Waals surface area contributed by atoms with E-state index < -0.39 is 0 Å². The normalized spacial score (nSPS) is 13.1. The van der Waals surface area contributed by atoms with Gasteiger partial charge in [-0.15, -0.1) is 0 Å². The maximum absolute atomic E-state index is 2.58. The van der Waals surface area contributed by atoms with Crippen LogP contribution in [0.1, 0.15) is 45.6 Å². The summed E-state index contributed by atoms with van der Waals surface area (Å²) in [7, 11) is 0. The van der Waals surface area contributed by atoms with E-state index in [-0.39, 0.29) is 0 Å². The van der Waals surface area contributed by atoms with Crippen LogP contribution < -0.4 is 0 Å². The van der Waals surface area contributed by atoms with E-state index in [0.717, 1.165) is 19.6 Å². The number of hydrogen-bond donors (Lipinski definition) is 0. The molecule has 0 aliphatic heterocycles. The van der Waals surface area contributed by atoms with Crippen molar-refractivity contribution in [3.05, 3.63) is 35.9 Å². The molecule has 0 N–H and O–H groups in total. The SMILES string of the molecule is CCN(CC)CCN(CC)CC[C@@H](C)c1ccccc1. The zero-order valence-electron chi connectivity index (χ0n) is 13.8. The van der Waals surface area contributed by atoms with Gasteiger partial charge in [0.15, 0.2) is 0 Å². The van der Waals surface area contributed by atoms with Crippen LogP contribution in [0.5, 0.6) is 0 Å². The van der Waals surface area contributed by atoms with Gasteiger partial charge in [0.1, 0.15) is 0 Å². The van der Waals surface area contributed by atoms with Crippen LogP contribution >= 0.6 is 0 Å². The molecule has 1 aromatic rings. The minimum absolute atomic E-state index is 0.652. The van der Waals surface area contributed by atoms with Crippen molar-refractivity contribution >= 4 is 0 Å². The summed E-state index contributed by atoms with van der Waals surface area (Å²) in [4.78, 5) is 5.08. The molecule has 0 aliphatic rings. The number of likely N-dealkylation sites (N-methyl/N-ethyl adjacent to an activating group) is 2. The molecule has 1 rings (SSSR count). The van der Waals surface area contributed by atoms with Gasteiger partial charge in [0.2, 0.25) is 0 Å². The third kappa shape index (κ3) is 6.06. The smallest absolute Gasteiger partial charge is 0.0109 e. The third-order valence-corrected chi connectivity index (χ3v) is 4.32. The Morgan fingerprint density at radius 1 is 0.800 bits per heavy atom. The lowest BCUT2D eigenvalue weighted by atomic mass is 9.98. The molecular formula is C18H32N2. The summed E-state index contributed by atoms with van der Waals surface area (Å²) in [5, 5.41) is 0. The third-order valence-electron chi connectivity index (χ3n) is 4.32. The topological polar surface area (TPSA) is 6.48 Å². The Hall–Kier alpha value is -0.860. The van der Waals surface area contributed by atoms with Crippen LogP contribution in [0, 0.1) is 0 Å². The van der Waals surface area contributed by atoms with Crippen LogP contribution in [-0.2, 0) is 0 Å². The minimum atomic E-state index is 0.652. The van der Waals surface area contributed by atoms with Crippen molar-refractivity contribution in [2.45, 2.75) is 40.0 Å². The average molecular weight is 276 g/mol. The van der Waals surface area contributed by atoms with Crippen molar-refractivity contribution in [2.75, 3.05) is 39.3 Å². The first-order valence-corrected chi connectivity index (χ1v) is 8.20. The van der Waals surface area contributed by atoms with E-state index in [2.05, 4.69) is 67.8 Å². The molecule has 0 aromatic heterocycles. The molecule has 0 fully saturated rings. The number of hydrogen-bond acceptors (Lipinski definition) is 2. The molecule has 0 saturated heterocycles. The predicted molar refractivity (Wildman–Crippen MR) is 89.4 cm³/mol. The van der Waals surface area contributed by atoms with Gasteiger partial charge in [0.25, 0.3) is 0 Å². The first-order valence-electron chi connectivity index (χ1n) is 8.20. The molecule has 0 heterocycles. The summed E-state index contributed by atoms with van der Waals surface area (Å²) < 4.78 is 0. The molecular weight excluding hydrogens is 244 g/mol. The summed E-state index contributed by atoms with van der Waals surface area (Å²) in [5.41, 5.74) is 1.47. The van der Waals surface area contributed by atoms with Gasteiger partial charge in [-0.2, -0.15) is 0 Å². The van der Waals surface area contributed by atoms with Crippen LogP contribution in [0.4, 0.5) is 0 Å². The molecule has 2 nitrogen and oxygen atoms in total. The van der Waals surface area contributed by atoms with Gasteiger partial charge < -0.3 is 9.80 Å². The largest absolute Gasteiger partial charge is 0.303 e. The van der Waals surface area contributed by atoms with Crippen LogP contribution in [0.25, 0.3) is 0 Å². The molecule has 114 valence electrons. The second kappa shape index (κ2) is 9.95. The molecule has 0 radical (unpaired) electrons. The number of rotatable bonds is 10. The fraction of sp³-hybridized carbons (Fsp3) is 0.667. The highest BCUT2D eigenvalue weighted by Crippen LogP contribution is 2.18. The van der Waals surface area contributed by atoms with Gasteiger partial charge in [-0.05, 0) is 44.1 Å². The first kappa shape index (κ1) is 17.2. The second-order valence-electron chi connectivity index (χ2n) is 5.56. The average Bonchev–Trinajstić information content (AvgIpc) is 2.51. The fourth-order valence-corrected chi connectivity index (χ4v) is 2.58. The van der Waals surface area contributed by atoms with Crippen LogP contribution in [0.15, 0.2) is 30.3 Å². The number of benzene rings is 1. The van der Waals surface area contributed by atoms with E-state index >= 15 is 0 Å². The van der Waals surface area contributed by atoms with Crippen LogP contribution in [0.3, 0.4) is 0 Å². The quantitative estimate of drug-likeness (QED) is 0.640. The van der Waals surface area contributed by atoms with Crippen molar-refractivity contribution in [3.8, 4) is 0 Å². The van der Waals surface area contributed by atoms with Crippen molar-refractivity contribution in [2.24, 2.45) is 0 Å². The summed E-state index contributed by atoms with van der Waals surface area (Å²) >= 11 is 0. The van der Waals surface area contributed by atoms with Crippen LogP contribution in [-0.4, -0.2) is 49.1 Å². The molecule has 1 aromatic carbocycles. The van der Waals surface area contributed by atoms with Crippen LogP contribution in [0.2, 0.25) is 0 Å². The summed E-state index contributed by atoms with van der Waals surface area (Å²) in [6.45, 7) is 16.2. The molecule has 0 spiro atoms. The summed E-state index contributed by atoms with van der Waals surface area (Å²) in [6.07, 6.45) is 1.25. The Balaban J connectivity index is 2.33. The zero-order valence-corrected chi connectivity index (χ0v) is 13.8. The molecule has 0 bridgehead atoms. The predicted octanol–water partition coefficient (Wildman–Crippen LogP) is 3.84. The Morgan fingerprint density at radius 3 is 1.90 bits per heavy atom. The highest BCUT2D eigenvalue weighted by molar-refractivity contribution is 5.18. The first-order chi connectivity index (χ1) is 9.71. The monoisotopic (exact) mass is 276 g/mol. The Labute approximate surface area is 125 Å². The van der Waals surface area contributed by atoms with E-state index in [1.165, 1.54) is 31.6 Å². The lowest BCUT2D eigenvalue weighted by Crippen LogP contribution is -2.35. The molecule has 1 atom stereocenters. The maximum Gasteiger partial charge on any atom is 0.0109 e. The Kier molecular flexibility index (Phi) is 8.56. The molecule has 0 aliphatic carbocycles. The minimum Gasteiger partial charge on any atom is -0.303 e. The highest BCUT2D eigenvalue weighted by Gasteiger charge is 2.09. The van der Waals surface area contributed by atoms with E-state index in [0.29, 0.717) is 5.92 Å². The maximum atomic E-state index is 2.58. The standard InChI is InChI=1S/C18H32N2/c1-5-19(6-2)15-16-20(7-3)14-13-17(4)18-11-9-8-10-12-18/h8-12,17H,5-7,13-16H2,1-4H3/t17-/m1/s1. The van der Waals surface area contributed by atoms with Gasteiger partial charge in [-0.25, -0.2) is 0 Å². The highest BCUT2D eigenvalue weighted by atomic mass is 15.2. The molecule has 0 saturated carbocycles. The van der Waals surface area contributed by atoms with Crippen molar-refractivity contribution in [1.29, 1.82) is 0 Å². The fourth-order valence-electron chi connectivity index (χ4n) is 2.58. The molecule has 0 amide bonds. The molecule has 0 unspecified atom stereocenters.